The second-order valence-electron chi connectivity index (χ2n) is 4.23. The van der Waals surface area contributed by atoms with Crippen molar-refractivity contribution in [3.63, 3.8) is 0 Å². The summed E-state index contributed by atoms with van der Waals surface area (Å²) in [4.78, 5) is 26.2. The van der Waals surface area contributed by atoms with E-state index in [1.165, 1.54) is 17.1 Å². The number of halogens is 1. The molecule has 0 spiro atoms. The van der Waals surface area contributed by atoms with E-state index >= 15 is 0 Å². The van der Waals surface area contributed by atoms with Crippen molar-refractivity contribution in [2.45, 2.75) is 11.8 Å². The zero-order valence-corrected chi connectivity index (χ0v) is 13.3. The molecule has 0 saturated carbocycles. The third-order valence-corrected chi connectivity index (χ3v) is 4.38. The van der Waals surface area contributed by atoms with Crippen LogP contribution in [0.2, 0.25) is 0 Å². The third kappa shape index (κ3) is 3.74. The van der Waals surface area contributed by atoms with Gasteiger partial charge in [-0.1, -0.05) is 0 Å². The monoisotopic (exact) mass is 359 g/mol. The summed E-state index contributed by atoms with van der Waals surface area (Å²) < 4.78 is 10.3. The molecule has 1 amide bonds. The number of morpholine rings is 1. The molecule has 0 N–H and O–H groups in total. The van der Waals surface area contributed by atoms with E-state index in [0.717, 1.165) is 4.90 Å². The maximum atomic E-state index is 12.5. The molecule has 0 aromatic heterocycles. The Bertz CT molecular complexity index is 517. The Morgan fingerprint density at radius 3 is 2.65 bits per heavy atom. The van der Waals surface area contributed by atoms with Gasteiger partial charge in [-0.15, -0.1) is 0 Å². The Morgan fingerprint density at radius 1 is 1.35 bits per heavy atom. The van der Waals surface area contributed by atoms with E-state index in [9.17, 15) is 9.59 Å². The number of hydrogen-bond acceptors (Lipinski definition) is 5. The van der Waals surface area contributed by atoms with Crippen LogP contribution in [0.25, 0.3) is 0 Å². The number of benzene rings is 1. The minimum Gasteiger partial charge on any atom is -0.426 e. The highest BCUT2D eigenvalue weighted by molar-refractivity contribution is 9.50. The van der Waals surface area contributed by atoms with Gasteiger partial charge in [-0.25, -0.2) is 0 Å². The third-order valence-electron chi connectivity index (χ3n) is 2.82. The summed E-state index contributed by atoms with van der Waals surface area (Å²) in [5, 5.41) is 0. The molecular formula is C13H14BrNO4S. The van der Waals surface area contributed by atoms with Gasteiger partial charge < -0.3 is 14.4 Å². The van der Waals surface area contributed by atoms with Crippen LogP contribution in [0, 0.1) is 0 Å². The number of amides is 1. The standard InChI is InChI=1S/C13H14BrNO4S/c1-9(16)19-12-3-2-10(20-14)8-11(12)13(17)15-4-6-18-7-5-15/h2-3,8H,4-7H2,1H3. The normalized spacial score (nSPS) is 15.0. The molecule has 1 saturated heterocycles. The van der Waals surface area contributed by atoms with E-state index in [0.29, 0.717) is 37.6 Å². The highest BCUT2D eigenvalue weighted by Gasteiger charge is 2.22. The quantitative estimate of drug-likeness (QED) is 0.612. The molecule has 0 atom stereocenters. The van der Waals surface area contributed by atoms with Gasteiger partial charge in [0.2, 0.25) is 0 Å². The number of hydrogen-bond donors (Lipinski definition) is 0. The summed E-state index contributed by atoms with van der Waals surface area (Å²) in [5.74, 6) is -0.299. The van der Waals surface area contributed by atoms with Crippen LogP contribution in [-0.4, -0.2) is 43.1 Å². The molecule has 0 bridgehead atoms. The minimum absolute atomic E-state index is 0.145. The Kier molecular flexibility index (Phi) is 5.45. The lowest BCUT2D eigenvalue weighted by molar-refractivity contribution is -0.131. The molecule has 1 aromatic carbocycles. The van der Waals surface area contributed by atoms with Crippen molar-refractivity contribution in [3.8, 4) is 5.75 Å². The van der Waals surface area contributed by atoms with E-state index in [2.05, 4.69) is 14.8 Å². The van der Waals surface area contributed by atoms with Crippen LogP contribution in [0.3, 0.4) is 0 Å². The summed E-state index contributed by atoms with van der Waals surface area (Å²) >= 11 is 3.28. The van der Waals surface area contributed by atoms with Gasteiger partial charge in [-0.3, -0.25) is 9.59 Å². The van der Waals surface area contributed by atoms with Gasteiger partial charge in [0.05, 0.1) is 18.8 Å². The minimum atomic E-state index is -0.444. The smallest absolute Gasteiger partial charge is 0.308 e. The molecule has 0 radical (unpaired) electrons. The predicted molar refractivity (Wildman–Crippen MR) is 79.3 cm³/mol. The van der Waals surface area contributed by atoms with Gasteiger partial charge in [-0.05, 0) is 43.2 Å². The highest BCUT2D eigenvalue weighted by Crippen LogP contribution is 2.30. The number of carbonyl (C=O) groups is 2. The molecule has 1 aliphatic rings. The lowest BCUT2D eigenvalue weighted by atomic mass is 10.1. The molecule has 0 aliphatic carbocycles. The predicted octanol–water partition coefficient (Wildman–Crippen LogP) is 2.49. The zero-order chi connectivity index (χ0) is 14.5. The van der Waals surface area contributed by atoms with E-state index < -0.39 is 5.97 Å². The van der Waals surface area contributed by atoms with Gasteiger partial charge in [-0.2, -0.15) is 0 Å². The van der Waals surface area contributed by atoms with Gasteiger partial charge >= 0.3 is 5.97 Å². The van der Waals surface area contributed by atoms with Crippen LogP contribution >= 0.6 is 25.0 Å². The van der Waals surface area contributed by atoms with Gasteiger partial charge in [0.15, 0.2) is 0 Å². The number of esters is 1. The molecule has 2 rings (SSSR count). The van der Waals surface area contributed by atoms with E-state index in [1.807, 2.05) is 0 Å². The molecule has 5 nitrogen and oxygen atoms in total. The largest absolute Gasteiger partial charge is 0.426 e. The van der Waals surface area contributed by atoms with Crippen molar-refractivity contribution in [2.24, 2.45) is 0 Å². The summed E-state index contributed by atoms with van der Waals surface area (Å²) in [6, 6.07) is 5.14. The van der Waals surface area contributed by atoms with Crippen LogP contribution < -0.4 is 4.74 Å². The first-order valence-corrected chi connectivity index (χ1v) is 8.76. The number of nitrogens with zero attached hydrogens (tertiary/aromatic N) is 1. The number of ether oxygens (including phenoxy) is 2. The first kappa shape index (κ1) is 15.3. The van der Waals surface area contributed by atoms with E-state index in [1.54, 1.807) is 23.1 Å². The molecule has 1 fully saturated rings. The maximum absolute atomic E-state index is 12.5. The van der Waals surface area contributed by atoms with Crippen LogP contribution in [0.15, 0.2) is 23.1 Å². The molecule has 0 unspecified atom stereocenters. The Morgan fingerprint density at radius 2 is 2.05 bits per heavy atom. The molecule has 1 heterocycles. The van der Waals surface area contributed by atoms with Gasteiger partial charge in [0.25, 0.3) is 5.91 Å². The van der Waals surface area contributed by atoms with Crippen LogP contribution in [0.1, 0.15) is 17.3 Å². The SMILES string of the molecule is CC(=O)Oc1ccc(SBr)cc1C(=O)N1CCOCC1. The van der Waals surface area contributed by atoms with Crippen molar-refractivity contribution in [1.82, 2.24) is 4.90 Å². The van der Waals surface area contributed by atoms with Gasteiger partial charge in [0, 0.05) is 24.9 Å². The Hall–Kier alpha value is -1.05. The van der Waals surface area contributed by atoms with Gasteiger partial charge in [0.1, 0.15) is 5.75 Å². The van der Waals surface area contributed by atoms with Crippen LogP contribution in [0.5, 0.6) is 5.75 Å². The average molecular weight is 360 g/mol. The fourth-order valence-electron chi connectivity index (χ4n) is 1.90. The van der Waals surface area contributed by atoms with Crippen molar-refractivity contribution in [2.75, 3.05) is 26.3 Å². The van der Waals surface area contributed by atoms with E-state index in [4.69, 9.17) is 9.47 Å². The maximum Gasteiger partial charge on any atom is 0.308 e. The second kappa shape index (κ2) is 7.10. The fraction of sp³-hybridized carbons (Fsp3) is 0.385. The van der Waals surface area contributed by atoms with Crippen molar-refractivity contribution >= 4 is 36.9 Å². The molecular weight excluding hydrogens is 346 g/mol. The summed E-state index contributed by atoms with van der Waals surface area (Å²) in [6.45, 7) is 3.47. The first-order chi connectivity index (χ1) is 9.61. The number of carbonyl (C=O) groups excluding carboxylic acids is 2. The highest BCUT2D eigenvalue weighted by atomic mass is 79.9. The van der Waals surface area contributed by atoms with Crippen LogP contribution in [0.4, 0.5) is 0 Å². The molecule has 108 valence electrons. The summed E-state index contributed by atoms with van der Waals surface area (Å²) in [6.07, 6.45) is 0. The molecule has 20 heavy (non-hydrogen) atoms. The zero-order valence-electron chi connectivity index (χ0n) is 10.9. The summed E-state index contributed by atoms with van der Waals surface area (Å²) in [7, 11) is 1.35. The van der Waals surface area contributed by atoms with Crippen molar-refractivity contribution < 1.29 is 19.1 Å². The molecule has 1 aliphatic heterocycles. The van der Waals surface area contributed by atoms with Crippen molar-refractivity contribution in [1.29, 1.82) is 0 Å². The average Bonchev–Trinajstić information content (AvgIpc) is 2.47. The molecule has 1 aromatic rings. The molecule has 7 heteroatoms. The van der Waals surface area contributed by atoms with Crippen molar-refractivity contribution in [3.05, 3.63) is 23.8 Å². The summed E-state index contributed by atoms with van der Waals surface area (Å²) in [5.41, 5.74) is 0.395. The lowest BCUT2D eigenvalue weighted by Crippen LogP contribution is -2.40. The lowest BCUT2D eigenvalue weighted by Gasteiger charge is -2.27. The van der Waals surface area contributed by atoms with E-state index in [-0.39, 0.29) is 5.91 Å². The first-order valence-electron chi connectivity index (χ1n) is 6.10. The van der Waals surface area contributed by atoms with Crippen LogP contribution in [-0.2, 0) is 9.53 Å². The second-order valence-corrected chi connectivity index (χ2v) is 5.83. The fourth-order valence-corrected chi connectivity index (χ4v) is 2.79. The Labute approximate surface area is 128 Å². The topological polar surface area (TPSA) is 55.8 Å². The Balaban J connectivity index is 2.30. The number of rotatable bonds is 3.